The van der Waals surface area contributed by atoms with Crippen molar-refractivity contribution < 1.29 is 29.5 Å². The Morgan fingerprint density at radius 2 is 2.00 bits per heavy atom. The Morgan fingerprint density at radius 3 is 2.36 bits per heavy atom. The van der Waals surface area contributed by atoms with Crippen molar-refractivity contribution in [1.82, 2.24) is 0 Å². The molecular formula is C8H16O6. The van der Waals surface area contributed by atoms with Crippen LogP contribution in [-0.4, -0.2) is 66.9 Å². The van der Waals surface area contributed by atoms with Crippen LogP contribution in [0.4, 0.5) is 0 Å². The highest BCUT2D eigenvalue weighted by atomic mass is 16.7. The minimum Gasteiger partial charge on any atom is -0.391 e. The molecule has 6 nitrogen and oxygen atoms in total. The van der Waals surface area contributed by atoms with Crippen molar-refractivity contribution >= 4 is 0 Å². The number of hydrogen-bond donors (Lipinski definition) is 3. The van der Waals surface area contributed by atoms with Crippen molar-refractivity contribution in [2.24, 2.45) is 0 Å². The number of aliphatic hydroxyl groups excluding tert-OH is 3. The molecule has 1 fully saturated rings. The van der Waals surface area contributed by atoms with Gasteiger partial charge in [0.15, 0.2) is 0 Å². The Balaban J connectivity index is 2.74. The average molecular weight is 208 g/mol. The molecule has 3 N–H and O–H groups in total. The summed E-state index contributed by atoms with van der Waals surface area (Å²) in [6.45, 7) is -0.398. The minimum absolute atomic E-state index is 0.128. The first-order chi connectivity index (χ1) is 6.61. The lowest BCUT2D eigenvalue weighted by atomic mass is 10.1. The van der Waals surface area contributed by atoms with Crippen LogP contribution in [-0.2, 0) is 14.2 Å². The Kier molecular flexibility index (Phi) is 3.82. The van der Waals surface area contributed by atoms with Crippen LogP contribution in [0.3, 0.4) is 0 Å². The van der Waals surface area contributed by atoms with Gasteiger partial charge in [-0.25, -0.2) is 0 Å². The van der Waals surface area contributed by atoms with E-state index in [4.69, 9.17) is 19.3 Å². The molecule has 1 rings (SSSR count). The first-order valence-electron chi connectivity index (χ1n) is 4.30. The van der Waals surface area contributed by atoms with E-state index >= 15 is 0 Å². The third-order valence-corrected chi connectivity index (χ3v) is 2.40. The maximum absolute atomic E-state index is 9.59. The largest absolute Gasteiger partial charge is 0.391 e. The van der Waals surface area contributed by atoms with Gasteiger partial charge >= 0.3 is 0 Å². The van der Waals surface area contributed by atoms with Crippen LogP contribution in [0.1, 0.15) is 0 Å². The van der Waals surface area contributed by atoms with Gasteiger partial charge in [-0.15, -0.1) is 0 Å². The lowest BCUT2D eigenvalue weighted by molar-refractivity contribution is -0.264. The van der Waals surface area contributed by atoms with E-state index < -0.39 is 30.7 Å². The molecule has 84 valence electrons. The molecule has 0 unspecified atom stereocenters. The highest BCUT2D eigenvalue weighted by Crippen LogP contribution is 2.31. The second-order valence-corrected chi connectivity index (χ2v) is 3.22. The zero-order valence-corrected chi connectivity index (χ0v) is 8.21. The molecule has 0 aromatic carbocycles. The number of methoxy groups -OCH3 is 2. The fourth-order valence-corrected chi connectivity index (χ4v) is 1.52. The third kappa shape index (κ3) is 1.77. The maximum Gasteiger partial charge on any atom is 0.221 e. The molecule has 0 aromatic heterocycles. The van der Waals surface area contributed by atoms with Gasteiger partial charge in [0.1, 0.15) is 24.9 Å². The van der Waals surface area contributed by atoms with Crippen molar-refractivity contribution in [2.75, 3.05) is 27.4 Å². The van der Waals surface area contributed by atoms with Crippen LogP contribution in [0.5, 0.6) is 0 Å². The van der Waals surface area contributed by atoms with Gasteiger partial charge in [0.25, 0.3) is 0 Å². The van der Waals surface area contributed by atoms with Gasteiger partial charge in [0.2, 0.25) is 5.79 Å². The molecule has 1 aliphatic rings. The van der Waals surface area contributed by atoms with E-state index in [-0.39, 0.29) is 6.61 Å². The van der Waals surface area contributed by atoms with E-state index in [0.29, 0.717) is 0 Å². The normalized spacial score (nSPS) is 43.1. The Labute approximate surface area is 82.0 Å². The summed E-state index contributed by atoms with van der Waals surface area (Å²) in [5, 5.41) is 28.2. The number of ether oxygens (including phenoxy) is 3. The highest BCUT2D eigenvalue weighted by Gasteiger charge is 2.54. The summed E-state index contributed by atoms with van der Waals surface area (Å²) in [5.74, 6) is -1.54. The van der Waals surface area contributed by atoms with Gasteiger partial charge < -0.3 is 29.5 Å². The summed E-state index contributed by atoms with van der Waals surface area (Å²) in [6, 6.07) is 0. The van der Waals surface area contributed by atoms with Crippen molar-refractivity contribution in [3.8, 4) is 0 Å². The average Bonchev–Trinajstić information content (AvgIpc) is 2.44. The predicted octanol–water partition coefficient (Wildman–Crippen LogP) is -1.91. The zero-order chi connectivity index (χ0) is 10.8. The standard InChI is InChI=1S/C8H16O6/c1-12-3-5-6(10)7(11)8(4-9,13-2)14-5/h5-7,9-11H,3-4H2,1-2H3/t5-,6-,7+,8-/m1/s1. The summed E-state index contributed by atoms with van der Waals surface area (Å²) in [4.78, 5) is 0. The smallest absolute Gasteiger partial charge is 0.221 e. The second-order valence-electron chi connectivity index (χ2n) is 3.22. The Hall–Kier alpha value is -0.240. The van der Waals surface area contributed by atoms with Crippen LogP contribution in [0, 0.1) is 0 Å². The molecule has 6 heteroatoms. The van der Waals surface area contributed by atoms with Crippen molar-refractivity contribution in [2.45, 2.75) is 24.1 Å². The molecule has 1 aliphatic heterocycles. The zero-order valence-electron chi connectivity index (χ0n) is 8.21. The second kappa shape index (κ2) is 4.52. The van der Waals surface area contributed by atoms with Gasteiger partial charge in [-0.1, -0.05) is 0 Å². The summed E-state index contributed by atoms with van der Waals surface area (Å²) in [5.41, 5.74) is 0. The Morgan fingerprint density at radius 1 is 1.36 bits per heavy atom. The van der Waals surface area contributed by atoms with Gasteiger partial charge in [-0.05, 0) is 0 Å². The van der Waals surface area contributed by atoms with Crippen molar-refractivity contribution in [3.63, 3.8) is 0 Å². The first kappa shape index (κ1) is 11.8. The first-order valence-corrected chi connectivity index (χ1v) is 4.30. The fraction of sp³-hybridized carbons (Fsp3) is 1.00. The third-order valence-electron chi connectivity index (χ3n) is 2.40. The SMILES string of the molecule is COC[C@H]1O[C@@](CO)(OC)[C@@H](O)[C@@H]1O. The maximum atomic E-state index is 9.59. The molecule has 4 atom stereocenters. The minimum atomic E-state index is -1.54. The van der Waals surface area contributed by atoms with Crippen LogP contribution < -0.4 is 0 Å². The van der Waals surface area contributed by atoms with Crippen molar-refractivity contribution in [3.05, 3.63) is 0 Å². The molecule has 14 heavy (non-hydrogen) atoms. The molecular weight excluding hydrogens is 192 g/mol. The Bertz CT molecular complexity index is 181. The van der Waals surface area contributed by atoms with Gasteiger partial charge in [0, 0.05) is 14.2 Å². The molecule has 1 saturated heterocycles. The summed E-state index contributed by atoms with van der Waals surface area (Å²) in [6.07, 6.45) is -3.10. The quantitative estimate of drug-likeness (QED) is 0.499. The van der Waals surface area contributed by atoms with E-state index in [2.05, 4.69) is 0 Å². The van der Waals surface area contributed by atoms with Crippen molar-refractivity contribution in [1.29, 1.82) is 0 Å². The molecule has 0 aliphatic carbocycles. The number of hydrogen-bond acceptors (Lipinski definition) is 6. The van der Waals surface area contributed by atoms with Gasteiger partial charge in [-0.3, -0.25) is 0 Å². The topological polar surface area (TPSA) is 88.4 Å². The fourth-order valence-electron chi connectivity index (χ4n) is 1.52. The molecule has 0 spiro atoms. The summed E-state index contributed by atoms with van der Waals surface area (Å²) >= 11 is 0. The summed E-state index contributed by atoms with van der Waals surface area (Å²) in [7, 11) is 2.75. The molecule has 0 radical (unpaired) electrons. The van der Waals surface area contributed by atoms with E-state index in [1.165, 1.54) is 14.2 Å². The monoisotopic (exact) mass is 208 g/mol. The van der Waals surface area contributed by atoms with E-state index in [9.17, 15) is 10.2 Å². The molecule has 0 amide bonds. The van der Waals surface area contributed by atoms with Crippen LogP contribution in [0.15, 0.2) is 0 Å². The number of rotatable bonds is 4. The van der Waals surface area contributed by atoms with E-state index in [1.54, 1.807) is 0 Å². The highest BCUT2D eigenvalue weighted by molar-refractivity contribution is 4.96. The lowest BCUT2D eigenvalue weighted by Gasteiger charge is -2.27. The molecule has 0 bridgehead atoms. The van der Waals surface area contributed by atoms with Crippen LogP contribution in [0.25, 0.3) is 0 Å². The number of aliphatic hydroxyl groups is 3. The lowest BCUT2D eigenvalue weighted by Crippen LogP contribution is -2.47. The molecule has 0 saturated carbocycles. The van der Waals surface area contributed by atoms with Crippen LogP contribution >= 0.6 is 0 Å². The van der Waals surface area contributed by atoms with E-state index in [0.717, 1.165) is 0 Å². The molecule has 1 heterocycles. The molecule has 0 aromatic rings. The van der Waals surface area contributed by atoms with Gasteiger partial charge in [0.05, 0.1) is 6.61 Å². The van der Waals surface area contributed by atoms with E-state index in [1.807, 2.05) is 0 Å². The summed E-state index contributed by atoms with van der Waals surface area (Å²) < 4.78 is 14.9. The van der Waals surface area contributed by atoms with Gasteiger partial charge in [-0.2, -0.15) is 0 Å². The van der Waals surface area contributed by atoms with Crippen LogP contribution in [0.2, 0.25) is 0 Å². The predicted molar refractivity (Wildman–Crippen MR) is 45.6 cm³/mol.